The van der Waals surface area contributed by atoms with Crippen LogP contribution in [0.3, 0.4) is 0 Å². The summed E-state index contributed by atoms with van der Waals surface area (Å²) in [5.41, 5.74) is -0.879. The van der Waals surface area contributed by atoms with E-state index in [0.29, 0.717) is 12.0 Å². The monoisotopic (exact) mass is 453 g/mol. The highest BCUT2D eigenvalue weighted by molar-refractivity contribution is 6.72. The second-order valence-electron chi connectivity index (χ2n) is 9.00. The molecule has 1 amide bonds. The first-order valence-electron chi connectivity index (χ1n) is 10.0. The summed E-state index contributed by atoms with van der Waals surface area (Å²) < 4.78 is 12.3. The topological polar surface area (TPSA) is 143 Å². The van der Waals surface area contributed by atoms with Gasteiger partial charge in [-0.1, -0.05) is 19.8 Å². The molecule has 11 heteroatoms. The van der Waals surface area contributed by atoms with E-state index < -0.39 is 55.1 Å². The number of aromatic nitrogens is 2. The largest absolute Gasteiger partial charge is 0.447 e. The number of hydrogen-bond donors (Lipinski definition) is 4. The molecule has 0 radical (unpaired) electrons. The number of nitrogens with zero attached hydrogens (tertiary/aromatic N) is 1. The first-order valence-corrected chi connectivity index (χ1v) is 13.0. The van der Waals surface area contributed by atoms with Crippen LogP contribution in [-0.4, -0.2) is 59.2 Å². The van der Waals surface area contributed by atoms with Crippen molar-refractivity contribution in [3.63, 3.8) is 0 Å². The lowest BCUT2D eigenvalue weighted by atomic mass is 9.89. The number of aromatic amines is 1. The van der Waals surface area contributed by atoms with Gasteiger partial charge in [0.15, 0.2) is 8.32 Å². The highest BCUT2D eigenvalue weighted by Gasteiger charge is 2.50. The Morgan fingerprint density at radius 2 is 2.10 bits per heavy atom. The Kier molecular flexibility index (Phi) is 7.54. The fourth-order valence-corrected chi connectivity index (χ4v) is 4.12. The zero-order chi connectivity index (χ0) is 23.6. The minimum atomic E-state index is -2.65. The van der Waals surface area contributed by atoms with Crippen molar-refractivity contribution in [2.45, 2.75) is 63.8 Å². The van der Waals surface area contributed by atoms with E-state index in [0.717, 1.165) is 0 Å². The number of rotatable bonds is 7. The van der Waals surface area contributed by atoms with Gasteiger partial charge in [0.05, 0.1) is 12.6 Å². The minimum Gasteiger partial charge on any atom is -0.447 e. The third-order valence-electron chi connectivity index (χ3n) is 6.04. The van der Waals surface area contributed by atoms with Crippen LogP contribution in [0.1, 0.15) is 32.1 Å². The predicted octanol–water partition coefficient (Wildman–Crippen LogP) is 0.447. The van der Waals surface area contributed by atoms with E-state index in [-0.39, 0.29) is 13.2 Å². The smallest absolute Gasteiger partial charge is 0.407 e. The molecule has 1 aromatic rings. The predicted molar refractivity (Wildman–Crippen MR) is 116 cm³/mol. The summed E-state index contributed by atoms with van der Waals surface area (Å²) in [4.78, 5) is 48.9. The zero-order valence-electron chi connectivity index (χ0n) is 18.5. The van der Waals surface area contributed by atoms with Crippen LogP contribution in [0.5, 0.6) is 0 Å². The number of H-pyrrole nitrogens is 1. The van der Waals surface area contributed by atoms with Crippen molar-refractivity contribution in [1.29, 1.82) is 0 Å². The molecule has 172 valence electrons. The number of carbonyl (C=O) groups excluding carboxylic acids is 1. The molecule has 0 saturated carbocycles. The van der Waals surface area contributed by atoms with Crippen molar-refractivity contribution in [1.82, 2.24) is 14.9 Å². The zero-order valence-corrected chi connectivity index (χ0v) is 19.5. The Balaban J connectivity index is 2.35. The lowest BCUT2D eigenvalue weighted by Gasteiger charge is -2.38. The number of aliphatic hydroxyl groups excluding tert-OH is 1. The molecule has 1 saturated heterocycles. The summed E-state index contributed by atoms with van der Waals surface area (Å²) >= 11 is 0. The Morgan fingerprint density at radius 3 is 2.68 bits per heavy atom. The second kappa shape index (κ2) is 9.40. The summed E-state index contributed by atoms with van der Waals surface area (Å²) in [6, 6.07) is 0. The average molecular weight is 454 g/mol. The lowest BCUT2D eigenvalue weighted by molar-refractivity contribution is -0.0513. The third-order valence-corrected chi connectivity index (χ3v) is 9.55. The summed E-state index contributed by atoms with van der Waals surface area (Å²) in [5, 5.41) is 12.8. The molecule has 0 spiro atoms. The van der Waals surface area contributed by atoms with Crippen LogP contribution >= 0.6 is 0 Å². The molecule has 31 heavy (non-hydrogen) atoms. The molecule has 4 N–H and O–H groups in total. The molecule has 2 heterocycles. The number of aryl methyl sites for hydroxylation is 1. The SMILES string of the molecule is C#CCNC(=O)OC[C@H]1O[C@@H](n2cc(C)c(=O)[nH]c2=O)[C@@H](CC(C)(C)[Si](C)(C)O)C1O. The maximum absolute atomic E-state index is 12.5. The molecule has 1 aliphatic heterocycles. The Morgan fingerprint density at radius 1 is 1.45 bits per heavy atom. The first-order chi connectivity index (χ1) is 14.3. The van der Waals surface area contributed by atoms with Gasteiger partial charge in [-0.3, -0.25) is 14.3 Å². The van der Waals surface area contributed by atoms with Crippen molar-refractivity contribution in [3.8, 4) is 12.3 Å². The van der Waals surface area contributed by atoms with Crippen molar-refractivity contribution in [2.24, 2.45) is 5.92 Å². The van der Waals surface area contributed by atoms with Crippen LogP contribution in [0.4, 0.5) is 4.79 Å². The number of amides is 1. The van der Waals surface area contributed by atoms with Crippen LogP contribution in [0.15, 0.2) is 15.8 Å². The van der Waals surface area contributed by atoms with Crippen molar-refractivity contribution < 1.29 is 24.2 Å². The molecule has 0 aromatic carbocycles. The third kappa shape index (κ3) is 5.65. The van der Waals surface area contributed by atoms with Gasteiger partial charge in [0, 0.05) is 17.7 Å². The molecule has 0 bridgehead atoms. The number of nitrogens with one attached hydrogen (secondary N) is 2. The summed E-state index contributed by atoms with van der Waals surface area (Å²) in [6.45, 7) is 8.70. The minimum absolute atomic E-state index is 0.00535. The van der Waals surface area contributed by atoms with Crippen molar-refractivity contribution in [3.05, 3.63) is 32.6 Å². The van der Waals surface area contributed by atoms with Crippen LogP contribution in [0.2, 0.25) is 18.1 Å². The van der Waals surface area contributed by atoms with E-state index in [9.17, 15) is 24.3 Å². The molecule has 1 fully saturated rings. The quantitative estimate of drug-likeness (QED) is 0.347. The number of hydrogen-bond acceptors (Lipinski definition) is 7. The molecule has 1 aromatic heterocycles. The average Bonchev–Trinajstić information content (AvgIpc) is 2.95. The first kappa shape index (κ1) is 24.9. The molecular formula is C20H31N3O7Si. The van der Waals surface area contributed by atoms with Gasteiger partial charge in [-0.05, 0) is 31.5 Å². The normalized spacial score (nSPS) is 23.9. The maximum Gasteiger partial charge on any atom is 0.407 e. The molecule has 1 unspecified atom stereocenters. The van der Waals surface area contributed by atoms with Crippen molar-refractivity contribution >= 4 is 14.4 Å². The molecule has 4 atom stereocenters. The Bertz CT molecular complexity index is 957. The number of terminal acetylenes is 1. The Labute approximate surface area is 181 Å². The van der Waals surface area contributed by atoms with E-state index in [1.165, 1.54) is 10.8 Å². The van der Waals surface area contributed by atoms with Crippen LogP contribution in [0.25, 0.3) is 0 Å². The van der Waals surface area contributed by atoms with Crippen LogP contribution in [-0.2, 0) is 9.47 Å². The fourth-order valence-electron chi connectivity index (χ4n) is 3.38. The number of aliphatic hydroxyl groups is 1. The van der Waals surface area contributed by atoms with Gasteiger partial charge in [-0.25, -0.2) is 9.59 Å². The van der Waals surface area contributed by atoms with Gasteiger partial charge in [0.2, 0.25) is 0 Å². The number of carbonyl (C=O) groups is 1. The van der Waals surface area contributed by atoms with Gasteiger partial charge >= 0.3 is 11.8 Å². The lowest BCUT2D eigenvalue weighted by Crippen LogP contribution is -2.43. The summed E-state index contributed by atoms with van der Waals surface area (Å²) in [5.74, 6) is 1.65. The standard InChI is InChI=1S/C20H31N3O7Si/c1-7-8-21-19(27)29-11-14-15(24)13(9-20(3,4)31(5,6)28)17(30-14)23-10-12(2)16(25)22-18(23)26/h1,10,13-15,17,24,28H,8-9,11H2,2-6H3,(H,21,27)(H,22,25,26)/t13-,14+,15?,17+/m0/s1. The molecule has 10 nitrogen and oxygen atoms in total. The summed E-state index contributed by atoms with van der Waals surface area (Å²) in [6.07, 6.45) is 3.14. The van der Waals surface area contributed by atoms with E-state index in [2.05, 4.69) is 16.2 Å². The van der Waals surface area contributed by atoms with E-state index in [1.807, 2.05) is 13.8 Å². The van der Waals surface area contributed by atoms with Gasteiger partial charge < -0.3 is 24.7 Å². The van der Waals surface area contributed by atoms with E-state index >= 15 is 0 Å². The van der Waals surface area contributed by atoms with Crippen molar-refractivity contribution in [2.75, 3.05) is 13.2 Å². The van der Waals surface area contributed by atoms with Gasteiger partial charge in [-0.15, -0.1) is 6.42 Å². The molecular weight excluding hydrogens is 422 g/mol. The molecule has 2 rings (SSSR count). The number of ether oxygens (including phenoxy) is 2. The maximum atomic E-state index is 12.5. The van der Waals surface area contributed by atoms with Crippen LogP contribution in [0, 0.1) is 25.2 Å². The van der Waals surface area contributed by atoms with Gasteiger partial charge in [-0.2, -0.15) is 0 Å². The van der Waals surface area contributed by atoms with Gasteiger partial charge in [0.1, 0.15) is 18.9 Å². The summed E-state index contributed by atoms with van der Waals surface area (Å²) in [7, 11) is -2.65. The second-order valence-corrected chi connectivity index (χ2v) is 13.5. The van der Waals surface area contributed by atoms with Gasteiger partial charge in [0.25, 0.3) is 5.56 Å². The Hall–Kier alpha value is -2.39. The highest BCUT2D eigenvalue weighted by atomic mass is 28.4. The molecule has 1 aliphatic rings. The van der Waals surface area contributed by atoms with Crippen LogP contribution < -0.4 is 16.6 Å². The fraction of sp³-hybridized carbons (Fsp3) is 0.650. The molecule has 0 aliphatic carbocycles. The number of alkyl carbamates (subject to hydrolysis) is 1. The van der Waals surface area contributed by atoms with E-state index in [4.69, 9.17) is 15.9 Å². The van der Waals surface area contributed by atoms with E-state index in [1.54, 1.807) is 20.0 Å². The highest BCUT2D eigenvalue weighted by Crippen LogP contribution is 2.48.